The molecule has 0 amide bonds. The summed E-state index contributed by atoms with van der Waals surface area (Å²) >= 11 is 0. The molecule has 1 aromatic heterocycles. The lowest BCUT2D eigenvalue weighted by molar-refractivity contribution is -0.385. The average molecular weight is 251 g/mol. The maximum Gasteiger partial charge on any atom is 0.276 e. The first-order valence-electron chi connectivity index (χ1n) is 6.22. The van der Waals surface area contributed by atoms with Gasteiger partial charge in [-0.15, -0.1) is 0 Å². The largest absolute Gasteiger partial charge is 0.477 e. The van der Waals surface area contributed by atoms with E-state index in [-0.39, 0.29) is 5.69 Å². The molecule has 1 fully saturated rings. The van der Waals surface area contributed by atoms with Crippen LogP contribution in [-0.2, 0) is 0 Å². The summed E-state index contributed by atoms with van der Waals surface area (Å²) in [6.45, 7) is 1.60. The molecule has 1 unspecified atom stereocenters. The molecule has 1 aromatic rings. The predicted molar refractivity (Wildman–Crippen MR) is 66.6 cm³/mol. The Bertz CT molecular complexity index is 405. The Labute approximate surface area is 106 Å². The molecule has 1 atom stereocenters. The minimum absolute atomic E-state index is 0.00999. The van der Waals surface area contributed by atoms with Gasteiger partial charge in [-0.3, -0.25) is 10.1 Å². The number of piperidine rings is 1. The molecule has 18 heavy (non-hydrogen) atoms. The number of rotatable bonds is 5. The molecule has 1 N–H and O–H groups in total. The highest BCUT2D eigenvalue weighted by Crippen LogP contribution is 2.17. The van der Waals surface area contributed by atoms with Gasteiger partial charge in [0.05, 0.1) is 17.6 Å². The number of pyridine rings is 1. The minimum atomic E-state index is -0.447. The van der Waals surface area contributed by atoms with Crippen LogP contribution < -0.4 is 10.1 Å². The molecule has 2 heterocycles. The van der Waals surface area contributed by atoms with E-state index in [0.717, 1.165) is 13.0 Å². The summed E-state index contributed by atoms with van der Waals surface area (Å²) in [7, 11) is 0. The van der Waals surface area contributed by atoms with Crippen LogP contribution >= 0.6 is 0 Å². The second-order valence-corrected chi connectivity index (χ2v) is 4.39. The number of nitrogens with one attached hydrogen (secondary N) is 1. The lowest BCUT2D eigenvalue weighted by Crippen LogP contribution is -2.35. The van der Waals surface area contributed by atoms with Gasteiger partial charge in [0.2, 0.25) is 5.88 Å². The first kappa shape index (κ1) is 12.8. The third-order valence-electron chi connectivity index (χ3n) is 3.06. The van der Waals surface area contributed by atoms with Crippen molar-refractivity contribution in [3.63, 3.8) is 0 Å². The van der Waals surface area contributed by atoms with Gasteiger partial charge < -0.3 is 10.1 Å². The normalized spacial score (nSPS) is 19.4. The second-order valence-electron chi connectivity index (χ2n) is 4.39. The number of nitro groups is 1. The molecule has 0 saturated carbocycles. The van der Waals surface area contributed by atoms with Gasteiger partial charge in [-0.05, 0) is 25.8 Å². The van der Waals surface area contributed by atoms with E-state index in [1.807, 2.05) is 0 Å². The van der Waals surface area contributed by atoms with Crippen molar-refractivity contribution in [2.45, 2.75) is 31.7 Å². The SMILES string of the molecule is O=[N+]([O-])c1ccnc(OCCC2CCCCN2)c1. The molecule has 0 radical (unpaired) electrons. The van der Waals surface area contributed by atoms with Crippen LogP contribution in [0, 0.1) is 10.1 Å². The monoisotopic (exact) mass is 251 g/mol. The fraction of sp³-hybridized carbons (Fsp3) is 0.583. The van der Waals surface area contributed by atoms with E-state index in [0.29, 0.717) is 18.5 Å². The Morgan fingerprint density at radius 1 is 1.56 bits per heavy atom. The van der Waals surface area contributed by atoms with Gasteiger partial charge in [0, 0.05) is 18.3 Å². The summed E-state index contributed by atoms with van der Waals surface area (Å²) in [6.07, 6.45) is 5.97. The van der Waals surface area contributed by atoms with Crippen molar-refractivity contribution < 1.29 is 9.66 Å². The van der Waals surface area contributed by atoms with Crippen LogP contribution in [0.5, 0.6) is 5.88 Å². The standard InChI is InChI=1S/C12H17N3O3/c16-15(17)11-4-7-14-12(9-11)18-8-5-10-3-1-2-6-13-10/h4,7,9-10,13H,1-3,5-6,8H2. The topological polar surface area (TPSA) is 77.3 Å². The van der Waals surface area contributed by atoms with Crippen LogP contribution in [0.25, 0.3) is 0 Å². The van der Waals surface area contributed by atoms with Crippen molar-refractivity contribution >= 4 is 5.69 Å². The van der Waals surface area contributed by atoms with Gasteiger partial charge in [0.15, 0.2) is 0 Å². The molecule has 6 nitrogen and oxygen atoms in total. The first-order valence-corrected chi connectivity index (χ1v) is 6.22. The summed E-state index contributed by atoms with van der Waals surface area (Å²) < 4.78 is 5.44. The molecule has 1 aliphatic heterocycles. The summed E-state index contributed by atoms with van der Waals surface area (Å²) in [5.41, 5.74) is 0.00999. The summed E-state index contributed by atoms with van der Waals surface area (Å²) in [5.74, 6) is 0.319. The molecule has 0 aromatic carbocycles. The number of hydrogen-bond donors (Lipinski definition) is 1. The third kappa shape index (κ3) is 3.66. The first-order chi connectivity index (χ1) is 8.75. The van der Waals surface area contributed by atoms with E-state index in [9.17, 15) is 10.1 Å². The zero-order chi connectivity index (χ0) is 12.8. The Morgan fingerprint density at radius 2 is 2.44 bits per heavy atom. The van der Waals surface area contributed by atoms with Crippen molar-refractivity contribution in [3.8, 4) is 5.88 Å². The zero-order valence-corrected chi connectivity index (χ0v) is 10.2. The number of hydrogen-bond acceptors (Lipinski definition) is 5. The van der Waals surface area contributed by atoms with E-state index in [1.54, 1.807) is 0 Å². The highest BCUT2D eigenvalue weighted by molar-refractivity contribution is 5.32. The third-order valence-corrected chi connectivity index (χ3v) is 3.06. The van der Waals surface area contributed by atoms with Crippen LogP contribution in [0.4, 0.5) is 5.69 Å². The van der Waals surface area contributed by atoms with Gasteiger partial charge in [-0.25, -0.2) is 4.98 Å². The maximum atomic E-state index is 10.6. The molecule has 0 spiro atoms. The minimum Gasteiger partial charge on any atom is -0.477 e. The number of ether oxygens (including phenoxy) is 1. The fourth-order valence-corrected chi connectivity index (χ4v) is 2.07. The molecule has 0 aliphatic carbocycles. The molecule has 6 heteroatoms. The van der Waals surface area contributed by atoms with Crippen molar-refractivity contribution in [2.75, 3.05) is 13.2 Å². The molecule has 1 saturated heterocycles. The highest BCUT2D eigenvalue weighted by atomic mass is 16.6. The van der Waals surface area contributed by atoms with Crippen molar-refractivity contribution in [2.24, 2.45) is 0 Å². The zero-order valence-electron chi connectivity index (χ0n) is 10.2. The van der Waals surface area contributed by atoms with E-state index in [2.05, 4.69) is 10.3 Å². The van der Waals surface area contributed by atoms with Gasteiger partial charge >= 0.3 is 0 Å². The van der Waals surface area contributed by atoms with Crippen molar-refractivity contribution in [1.82, 2.24) is 10.3 Å². The molecular weight excluding hydrogens is 234 g/mol. The Kier molecular flexibility index (Phi) is 4.46. The van der Waals surface area contributed by atoms with Gasteiger partial charge in [-0.1, -0.05) is 6.42 Å². The van der Waals surface area contributed by atoms with Gasteiger partial charge in [0.1, 0.15) is 0 Å². The summed E-state index contributed by atoms with van der Waals surface area (Å²) in [5, 5.41) is 14.0. The second kappa shape index (κ2) is 6.30. The average Bonchev–Trinajstić information content (AvgIpc) is 2.40. The van der Waals surface area contributed by atoms with Crippen LogP contribution in [0.2, 0.25) is 0 Å². The highest BCUT2D eigenvalue weighted by Gasteiger charge is 2.13. The van der Waals surface area contributed by atoms with E-state index in [4.69, 9.17) is 4.74 Å². The van der Waals surface area contributed by atoms with Gasteiger partial charge in [-0.2, -0.15) is 0 Å². The summed E-state index contributed by atoms with van der Waals surface area (Å²) in [4.78, 5) is 14.1. The lowest BCUT2D eigenvalue weighted by Gasteiger charge is -2.23. The Morgan fingerprint density at radius 3 is 3.17 bits per heavy atom. The molecular formula is C12H17N3O3. The van der Waals surface area contributed by atoms with Crippen LogP contribution in [0.15, 0.2) is 18.3 Å². The number of aromatic nitrogens is 1. The molecule has 2 rings (SSSR count). The van der Waals surface area contributed by atoms with E-state index in [1.165, 1.54) is 37.6 Å². The van der Waals surface area contributed by atoms with Crippen molar-refractivity contribution in [1.29, 1.82) is 0 Å². The Hall–Kier alpha value is -1.69. The molecule has 98 valence electrons. The van der Waals surface area contributed by atoms with Crippen molar-refractivity contribution in [3.05, 3.63) is 28.4 Å². The smallest absolute Gasteiger partial charge is 0.276 e. The number of nitrogens with zero attached hydrogens (tertiary/aromatic N) is 2. The van der Waals surface area contributed by atoms with Gasteiger partial charge in [0.25, 0.3) is 5.69 Å². The summed E-state index contributed by atoms with van der Waals surface area (Å²) in [6, 6.07) is 3.21. The molecule has 0 bridgehead atoms. The van der Waals surface area contributed by atoms with E-state index >= 15 is 0 Å². The van der Waals surface area contributed by atoms with Crippen LogP contribution in [-0.4, -0.2) is 29.1 Å². The van der Waals surface area contributed by atoms with Crippen LogP contribution in [0.3, 0.4) is 0 Å². The maximum absolute atomic E-state index is 10.6. The van der Waals surface area contributed by atoms with E-state index < -0.39 is 4.92 Å². The van der Waals surface area contributed by atoms with Crippen LogP contribution in [0.1, 0.15) is 25.7 Å². The Balaban J connectivity index is 1.78. The fourth-order valence-electron chi connectivity index (χ4n) is 2.07. The predicted octanol–water partition coefficient (Wildman–Crippen LogP) is 1.90. The lowest BCUT2D eigenvalue weighted by atomic mass is 10.0. The quantitative estimate of drug-likeness (QED) is 0.638. The molecule has 1 aliphatic rings.